The molecule has 4 rings (SSSR count). The van der Waals surface area contributed by atoms with Gasteiger partial charge in [0.15, 0.2) is 0 Å². The van der Waals surface area contributed by atoms with Crippen LogP contribution in [0.4, 0.5) is 11.4 Å². The van der Waals surface area contributed by atoms with Gasteiger partial charge in [0.2, 0.25) is 15.9 Å². The molecule has 12 heteroatoms. The van der Waals surface area contributed by atoms with Crippen molar-refractivity contribution in [1.82, 2.24) is 4.31 Å². The van der Waals surface area contributed by atoms with E-state index in [0.717, 1.165) is 4.47 Å². The van der Waals surface area contributed by atoms with E-state index < -0.39 is 20.0 Å². The first-order valence-corrected chi connectivity index (χ1v) is 15.7. The molecule has 3 aromatic rings. The lowest BCUT2D eigenvalue weighted by Crippen LogP contribution is -2.41. The average Bonchev–Trinajstić information content (AvgIpc) is 2.90. The number of methoxy groups -OCH3 is 1. The van der Waals surface area contributed by atoms with Crippen molar-refractivity contribution in [1.29, 1.82) is 0 Å². The molecule has 202 valence electrons. The molecule has 0 atom stereocenters. The van der Waals surface area contributed by atoms with E-state index in [9.17, 15) is 21.6 Å². The number of anilines is 2. The Morgan fingerprint density at radius 1 is 0.895 bits per heavy atom. The van der Waals surface area contributed by atoms with Crippen LogP contribution in [0.5, 0.6) is 5.75 Å². The average molecular weight is 623 g/mol. The van der Waals surface area contributed by atoms with Gasteiger partial charge < -0.3 is 10.1 Å². The van der Waals surface area contributed by atoms with E-state index in [2.05, 4.69) is 26.0 Å². The Balaban J connectivity index is 1.30. The normalized spacial score (nSPS) is 15.1. The number of carbonyl (C=O) groups is 1. The van der Waals surface area contributed by atoms with Crippen LogP contribution >= 0.6 is 15.9 Å². The molecule has 1 aliphatic rings. The molecule has 0 aromatic heterocycles. The SMILES string of the molecule is COc1ccc(NS(=O)(=O)c2ccc(NC(=O)C3CCN(S(=O)(=O)Cc4ccc(Br)cc4)CC3)cc2)cc1. The number of nitrogens with zero attached hydrogens (tertiary/aromatic N) is 1. The van der Waals surface area contributed by atoms with E-state index in [0.29, 0.717) is 35.5 Å². The van der Waals surface area contributed by atoms with Crippen LogP contribution in [-0.4, -0.2) is 47.2 Å². The van der Waals surface area contributed by atoms with E-state index >= 15 is 0 Å². The number of rotatable bonds is 9. The molecule has 9 nitrogen and oxygen atoms in total. The molecule has 1 amide bonds. The number of ether oxygens (including phenoxy) is 1. The summed E-state index contributed by atoms with van der Waals surface area (Å²) in [5, 5.41) is 2.81. The molecule has 38 heavy (non-hydrogen) atoms. The molecule has 1 heterocycles. The summed E-state index contributed by atoms with van der Waals surface area (Å²) in [6.45, 7) is 0.538. The molecular weight excluding hydrogens is 594 g/mol. The predicted molar refractivity (Wildman–Crippen MR) is 150 cm³/mol. The van der Waals surface area contributed by atoms with E-state index in [1.54, 1.807) is 48.5 Å². The van der Waals surface area contributed by atoms with Crippen molar-refractivity contribution < 1.29 is 26.4 Å². The zero-order valence-electron chi connectivity index (χ0n) is 20.6. The van der Waals surface area contributed by atoms with E-state index in [-0.39, 0.29) is 35.6 Å². The third-order valence-electron chi connectivity index (χ3n) is 6.25. The third kappa shape index (κ3) is 7.13. The van der Waals surface area contributed by atoms with Gasteiger partial charge in [-0.15, -0.1) is 0 Å². The Kier molecular flexibility index (Phi) is 8.76. The maximum absolute atomic E-state index is 12.8. The van der Waals surface area contributed by atoms with Gasteiger partial charge in [-0.05, 0) is 79.1 Å². The molecule has 1 fully saturated rings. The number of sulfonamides is 2. The van der Waals surface area contributed by atoms with Crippen LogP contribution in [0.25, 0.3) is 0 Å². The monoisotopic (exact) mass is 621 g/mol. The topological polar surface area (TPSA) is 122 Å². The Hall–Kier alpha value is -2.93. The first-order valence-electron chi connectivity index (χ1n) is 11.9. The summed E-state index contributed by atoms with van der Waals surface area (Å²) >= 11 is 3.34. The van der Waals surface area contributed by atoms with Crippen LogP contribution in [0.3, 0.4) is 0 Å². The summed E-state index contributed by atoms with van der Waals surface area (Å²) in [4.78, 5) is 12.8. The minimum absolute atomic E-state index is 0.0515. The van der Waals surface area contributed by atoms with Crippen LogP contribution < -0.4 is 14.8 Å². The second kappa shape index (κ2) is 11.9. The molecular formula is C26H28BrN3O6S2. The molecule has 3 aromatic carbocycles. The molecule has 1 aliphatic heterocycles. The first kappa shape index (κ1) is 28.1. The Bertz CT molecular complexity index is 1470. The van der Waals surface area contributed by atoms with Gasteiger partial charge in [-0.2, -0.15) is 0 Å². The number of piperidine rings is 1. The fourth-order valence-electron chi connectivity index (χ4n) is 4.11. The second-order valence-electron chi connectivity index (χ2n) is 8.90. The maximum atomic E-state index is 12.8. The summed E-state index contributed by atoms with van der Waals surface area (Å²) in [5.41, 5.74) is 1.56. The number of amides is 1. The molecule has 2 N–H and O–H groups in total. The predicted octanol–water partition coefficient (Wildman–Crippen LogP) is 4.44. The van der Waals surface area contributed by atoms with E-state index in [1.807, 2.05) is 0 Å². The molecule has 0 aliphatic carbocycles. The zero-order chi connectivity index (χ0) is 27.3. The van der Waals surface area contributed by atoms with Gasteiger partial charge in [0, 0.05) is 34.9 Å². The van der Waals surface area contributed by atoms with Gasteiger partial charge in [-0.3, -0.25) is 9.52 Å². The number of halogens is 1. The quantitative estimate of drug-likeness (QED) is 0.364. The number of hydrogen-bond donors (Lipinski definition) is 2. The van der Waals surface area contributed by atoms with Crippen LogP contribution in [0.15, 0.2) is 82.2 Å². The summed E-state index contributed by atoms with van der Waals surface area (Å²) in [6, 6.07) is 19.5. The second-order valence-corrected chi connectivity index (χ2v) is 13.5. The minimum atomic E-state index is -3.81. The molecule has 0 spiro atoms. The Morgan fingerprint density at radius 3 is 2.05 bits per heavy atom. The highest BCUT2D eigenvalue weighted by atomic mass is 79.9. The first-order chi connectivity index (χ1) is 18.1. The van der Waals surface area contributed by atoms with Gasteiger partial charge in [-0.25, -0.2) is 21.1 Å². The van der Waals surface area contributed by atoms with Crippen LogP contribution in [0.1, 0.15) is 18.4 Å². The Labute approximate surface area is 231 Å². The molecule has 1 saturated heterocycles. The van der Waals surface area contributed by atoms with Crippen molar-refractivity contribution in [2.45, 2.75) is 23.5 Å². The zero-order valence-corrected chi connectivity index (χ0v) is 23.9. The highest BCUT2D eigenvalue weighted by Crippen LogP contribution is 2.25. The van der Waals surface area contributed by atoms with Crippen molar-refractivity contribution in [3.8, 4) is 5.75 Å². The lowest BCUT2D eigenvalue weighted by atomic mass is 9.97. The van der Waals surface area contributed by atoms with Crippen molar-refractivity contribution >= 4 is 53.3 Å². The third-order valence-corrected chi connectivity index (χ3v) is 10.0. The Morgan fingerprint density at radius 2 is 1.47 bits per heavy atom. The number of carbonyl (C=O) groups excluding carboxylic acids is 1. The van der Waals surface area contributed by atoms with Crippen molar-refractivity contribution in [2.24, 2.45) is 5.92 Å². The molecule has 0 radical (unpaired) electrons. The number of hydrogen-bond acceptors (Lipinski definition) is 6. The molecule has 0 bridgehead atoms. The van der Waals surface area contributed by atoms with Gasteiger partial charge in [0.25, 0.3) is 10.0 Å². The summed E-state index contributed by atoms with van der Waals surface area (Å²) < 4.78 is 60.9. The smallest absolute Gasteiger partial charge is 0.261 e. The van der Waals surface area contributed by atoms with Crippen molar-refractivity contribution in [3.63, 3.8) is 0 Å². The number of benzene rings is 3. The van der Waals surface area contributed by atoms with Crippen LogP contribution in [0, 0.1) is 5.92 Å². The van der Waals surface area contributed by atoms with Gasteiger partial charge in [0.05, 0.1) is 17.8 Å². The van der Waals surface area contributed by atoms with Gasteiger partial charge >= 0.3 is 0 Å². The summed E-state index contributed by atoms with van der Waals surface area (Å²) in [6.07, 6.45) is 0.813. The van der Waals surface area contributed by atoms with Gasteiger partial charge in [-0.1, -0.05) is 28.1 Å². The lowest BCUT2D eigenvalue weighted by Gasteiger charge is -2.30. The lowest BCUT2D eigenvalue weighted by molar-refractivity contribution is -0.120. The molecule has 0 unspecified atom stereocenters. The van der Waals surface area contributed by atoms with E-state index in [4.69, 9.17) is 4.74 Å². The fraction of sp³-hybridized carbons (Fsp3) is 0.269. The summed E-state index contributed by atoms with van der Waals surface area (Å²) in [5.74, 6) is -0.0306. The van der Waals surface area contributed by atoms with Crippen molar-refractivity contribution in [2.75, 3.05) is 30.2 Å². The highest BCUT2D eigenvalue weighted by molar-refractivity contribution is 9.10. The van der Waals surface area contributed by atoms with E-state index in [1.165, 1.54) is 35.7 Å². The molecule has 0 saturated carbocycles. The van der Waals surface area contributed by atoms with Gasteiger partial charge in [0.1, 0.15) is 5.75 Å². The number of nitrogens with one attached hydrogen (secondary N) is 2. The van der Waals surface area contributed by atoms with Crippen molar-refractivity contribution in [3.05, 3.63) is 82.8 Å². The minimum Gasteiger partial charge on any atom is -0.497 e. The van der Waals surface area contributed by atoms with Crippen LogP contribution in [0.2, 0.25) is 0 Å². The largest absolute Gasteiger partial charge is 0.497 e. The summed E-state index contributed by atoms with van der Waals surface area (Å²) in [7, 11) is -5.77. The standard InChI is InChI=1S/C26H28BrN3O6S2/c1-36-24-10-6-23(7-11-24)29-38(34,35)25-12-8-22(9-13-25)28-26(31)20-14-16-30(17-15-20)37(32,33)18-19-2-4-21(27)5-3-19/h2-13,20,29H,14-18H2,1H3,(H,28,31). The fourth-order valence-corrected chi connectivity index (χ4v) is 7.00. The maximum Gasteiger partial charge on any atom is 0.261 e. The van der Waals surface area contributed by atoms with Crippen LogP contribution in [-0.2, 0) is 30.6 Å². The highest BCUT2D eigenvalue weighted by Gasteiger charge is 2.31.